The zero-order valence-electron chi connectivity index (χ0n) is 14.4. The van der Waals surface area contributed by atoms with E-state index in [9.17, 15) is 0 Å². The van der Waals surface area contributed by atoms with Crippen LogP contribution in [0, 0.1) is 6.92 Å². The fourth-order valence-corrected chi connectivity index (χ4v) is 4.28. The fraction of sp³-hybridized carbons (Fsp3) is 0.444. The number of aromatic nitrogens is 5. The Morgan fingerprint density at radius 2 is 2.00 bits per heavy atom. The predicted molar refractivity (Wildman–Crippen MR) is 91.3 cm³/mol. The van der Waals surface area contributed by atoms with Crippen LogP contribution in [0.15, 0.2) is 24.7 Å². The minimum absolute atomic E-state index is 0.400. The van der Waals surface area contributed by atoms with Crippen molar-refractivity contribution in [3.8, 4) is 6.01 Å². The monoisotopic (exact) mass is 336 g/mol. The van der Waals surface area contributed by atoms with E-state index in [0.717, 1.165) is 29.9 Å². The molecule has 1 fully saturated rings. The van der Waals surface area contributed by atoms with Crippen LogP contribution in [0.3, 0.4) is 0 Å². The number of ether oxygens (including phenoxy) is 1. The number of nitrogens with zero attached hydrogens (tertiary/aromatic N) is 6. The number of hydrogen-bond acceptors (Lipinski definition) is 6. The second-order valence-corrected chi connectivity index (χ2v) is 6.92. The average Bonchev–Trinajstić information content (AvgIpc) is 3.13. The maximum atomic E-state index is 5.05. The van der Waals surface area contributed by atoms with E-state index in [2.05, 4.69) is 31.1 Å². The van der Waals surface area contributed by atoms with Gasteiger partial charge in [-0.1, -0.05) is 0 Å². The summed E-state index contributed by atoms with van der Waals surface area (Å²) in [7, 11) is 1.58. The molecule has 2 aliphatic rings. The van der Waals surface area contributed by atoms with Crippen molar-refractivity contribution < 1.29 is 4.74 Å². The molecule has 0 radical (unpaired) electrons. The van der Waals surface area contributed by atoms with Crippen molar-refractivity contribution in [3.63, 3.8) is 0 Å². The largest absolute Gasteiger partial charge is 0.467 e. The molecule has 0 saturated carbocycles. The van der Waals surface area contributed by atoms with Gasteiger partial charge in [0.2, 0.25) is 0 Å². The van der Waals surface area contributed by atoms with Crippen LogP contribution in [0.25, 0.3) is 5.65 Å². The van der Waals surface area contributed by atoms with Crippen molar-refractivity contribution in [1.29, 1.82) is 0 Å². The Bertz CT molecular complexity index is 935. The molecule has 1 saturated heterocycles. The lowest BCUT2D eigenvalue weighted by atomic mass is 9.98. The summed E-state index contributed by atoms with van der Waals surface area (Å²) < 4.78 is 7.09. The molecule has 2 unspecified atom stereocenters. The quantitative estimate of drug-likeness (QED) is 0.730. The van der Waals surface area contributed by atoms with E-state index in [0.29, 0.717) is 18.1 Å². The summed E-state index contributed by atoms with van der Waals surface area (Å²) in [5.41, 5.74) is 5.73. The SMILES string of the molecule is COc1ncc(CN2C3CCC2c2cnc4cc(C)nn4c2C3)cn1. The number of methoxy groups -OCH3 is 1. The molecule has 5 heterocycles. The molecule has 2 aliphatic heterocycles. The second-order valence-electron chi connectivity index (χ2n) is 6.92. The summed E-state index contributed by atoms with van der Waals surface area (Å²) in [5.74, 6) is 0. The summed E-state index contributed by atoms with van der Waals surface area (Å²) >= 11 is 0. The molecule has 5 rings (SSSR count). The summed E-state index contributed by atoms with van der Waals surface area (Å²) in [6.45, 7) is 2.88. The van der Waals surface area contributed by atoms with Crippen LogP contribution < -0.4 is 4.74 Å². The molecular weight excluding hydrogens is 316 g/mol. The zero-order valence-corrected chi connectivity index (χ0v) is 14.4. The number of fused-ring (bicyclic) bond motifs is 6. The van der Waals surface area contributed by atoms with Gasteiger partial charge in [0, 0.05) is 60.8 Å². The molecule has 3 aromatic heterocycles. The first-order valence-electron chi connectivity index (χ1n) is 8.68. The summed E-state index contributed by atoms with van der Waals surface area (Å²) in [6, 6.07) is 3.40. The molecule has 0 amide bonds. The molecule has 2 atom stereocenters. The maximum Gasteiger partial charge on any atom is 0.316 e. The van der Waals surface area contributed by atoms with Gasteiger partial charge in [-0.2, -0.15) is 5.10 Å². The van der Waals surface area contributed by atoms with Crippen LogP contribution in [-0.2, 0) is 13.0 Å². The Kier molecular flexibility index (Phi) is 3.24. The highest BCUT2D eigenvalue weighted by Gasteiger charge is 2.41. The molecule has 2 bridgehead atoms. The highest BCUT2D eigenvalue weighted by Crippen LogP contribution is 2.44. The van der Waals surface area contributed by atoms with Gasteiger partial charge in [0.15, 0.2) is 5.65 Å². The van der Waals surface area contributed by atoms with Gasteiger partial charge in [-0.15, -0.1) is 0 Å². The van der Waals surface area contributed by atoms with E-state index < -0.39 is 0 Å². The van der Waals surface area contributed by atoms with Gasteiger partial charge in [0.25, 0.3) is 0 Å². The number of hydrogen-bond donors (Lipinski definition) is 0. The van der Waals surface area contributed by atoms with Gasteiger partial charge in [-0.3, -0.25) is 4.90 Å². The lowest BCUT2D eigenvalue weighted by molar-refractivity contribution is 0.164. The number of aryl methyl sites for hydroxylation is 1. The van der Waals surface area contributed by atoms with Crippen molar-refractivity contribution >= 4 is 5.65 Å². The average molecular weight is 336 g/mol. The Labute approximate surface area is 145 Å². The summed E-state index contributed by atoms with van der Waals surface area (Å²) in [4.78, 5) is 15.7. The van der Waals surface area contributed by atoms with Gasteiger partial charge in [-0.05, 0) is 19.8 Å². The van der Waals surface area contributed by atoms with E-state index >= 15 is 0 Å². The first kappa shape index (κ1) is 14.8. The van der Waals surface area contributed by atoms with Gasteiger partial charge in [0.1, 0.15) is 0 Å². The normalized spacial score (nSPS) is 22.3. The van der Waals surface area contributed by atoms with Crippen molar-refractivity contribution in [2.45, 2.75) is 44.8 Å². The minimum atomic E-state index is 0.400. The minimum Gasteiger partial charge on any atom is -0.467 e. The fourth-order valence-electron chi connectivity index (χ4n) is 4.28. The van der Waals surface area contributed by atoms with Crippen LogP contribution in [0.5, 0.6) is 6.01 Å². The van der Waals surface area contributed by atoms with Crippen molar-refractivity contribution in [3.05, 3.63) is 47.2 Å². The molecule has 7 nitrogen and oxygen atoms in total. The van der Waals surface area contributed by atoms with E-state index in [-0.39, 0.29) is 0 Å². The smallest absolute Gasteiger partial charge is 0.316 e. The molecule has 7 heteroatoms. The lowest BCUT2D eigenvalue weighted by Crippen LogP contribution is -2.38. The summed E-state index contributed by atoms with van der Waals surface area (Å²) in [5, 5.41) is 4.65. The lowest BCUT2D eigenvalue weighted by Gasteiger charge is -2.36. The molecule has 0 spiro atoms. The predicted octanol–water partition coefficient (Wildman–Crippen LogP) is 2.10. The van der Waals surface area contributed by atoms with Crippen LogP contribution in [0.1, 0.15) is 41.4 Å². The van der Waals surface area contributed by atoms with Gasteiger partial charge in [0.05, 0.1) is 18.5 Å². The van der Waals surface area contributed by atoms with Crippen molar-refractivity contribution in [2.75, 3.05) is 7.11 Å². The first-order chi connectivity index (χ1) is 12.2. The van der Waals surface area contributed by atoms with Gasteiger partial charge < -0.3 is 4.74 Å². The molecular formula is C18H20N6O. The Morgan fingerprint density at radius 3 is 2.80 bits per heavy atom. The summed E-state index contributed by atoms with van der Waals surface area (Å²) in [6.07, 6.45) is 9.16. The first-order valence-corrected chi connectivity index (χ1v) is 8.68. The van der Waals surface area contributed by atoms with Crippen LogP contribution in [0.4, 0.5) is 0 Å². The van der Waals surface area contributed by atoms with Crippen LogP contribution in [-0.4, -0.2) is 42.6 Å². The Morgan fingerprint density at radius 1 is 1.16 bits per heavy atom. The number of rotatable bonds is 3. The van der Waals surface area contributed by atoms with Gasteiger partial charge >= 0.3 is 6.01 Å². The zero-order chi connectivity index (χ0) is 17.0. The third-order valence-corrected chi connectivity index (χ3v) is 5.40. The molecule has 3 aromatic rings. The molecule has 0 aliphatic carbocycles. The van der Waals surface area contributed by atoms with E-state index in [1.165, 1.54) is 24.1 Å². The van der Waals surface area contributed by atoms with Gasteiger partial charge in [-0.25, -0.2) is 19.5 Å². The Balaban J connectivity index is 1.49. The molecule has 0 N–H and O–H groups in total. The third-order valence-electron chi connectivity index (χ3n) is 5.40. The molecule has 0 aromatic carbocycles. The third kappa shape index (κ3) is 2.30. The van der Waals surface area contributed by atoms with Crippen molar-refractivity contribution in [2.24, 2.45) is 0 Å². The van der Waals surface area contributed by atoms with E-state index in [4.69, 9.17) is 4.74 Å². The second kappa shape index (κ2) is 5.49. The highest BCUT2D eigenvalue weighted by molar-refractivity contribution is 5.44. The molecule has 25 heavy (non-hydrogen) atoms. The van der Waals surface area contributed by atoms with Crippen LogP contribution in [0.2, 0.25) is 0 Å². The topological polar surface area (TPSA) is 68.4 Å². The van der Waals surface area contributed by atoms with E-state index in [1.807, 2.05) is 29.9 Å². The Hall–Kier alpha value is -2.54. The maximum absolute atomic E-state index is 5.05. The van der Waals surface area contributed by atoms with Crippen LogP contribution >= 0.6 is 0 Å². The molecule has 128 valence electrons. The highest BCUT2D eigenvalue weighted by atomic mass is 16.5. The van der Waals surface area contributed by atoms with E-state index in [1.54, 1.807) is 7.11 Å². The van der Waals surface area contributed by atoms with Crippen molar-refractivity contribution in [1.82, 2.24) is 29.5 Å². The standard InChI is InChI=1S/C18H20N6O/c1-11-5-17-19-9-14-15-4-3-13(6-16(14)24(17)22-11)23(15)10-12-7-20-18(25-2)21-8-12/h5,7-9,13,15H,3-4,6,10H2,1-2H3.